The maximum atomic E-state index is 12.8. The Morgan fingerprint density at radius 3 is 2.72 bits per heavy atom. The number of aryl methyl sites for hydroxylation is 2. The molecule has 2 aromatic heterocycles. The predicted octanol–water partition coefficient (Wildman–Crippen LogP) is 5.80. The van der Waals surface area contributed by atoms with E-state index in [2.05, 4.69) is 22.4 Å². The number of nitrogens with zero attached hydrogens (tertiary/aromatic N) is 3. The van der Waals surface area contributed by atoms with Crippen molar-refractivity contribution in [2.75, 3.05) is 16.8 Å². The lowest BCUT2D eigenvalue weighted by molar-refractivity contribution is -0.117. The largest absolute Gasteiger partial charge is 0.312 e. The highest BCUT2D eigenvalue weighted by Gasteiger charge is 2.34. The molecule has 0 radical (unpaired) electrons. The Labute approximate surface area is 197 Å². The lowest BCUT2D eigenvalue weighted by Crippen LogP contribution is -2.24. The number of carbonyl (C=O) groups excluding carboxylic acids is 2. The van der Waals surface area contributed by atoms with E-state index in [1.807, 2.05) is 49.4 Å². The molecule has 9 heteroatoms. The molecular formula is C23H19ClN4O2S2. The van der Waals surface area contributed by atoms with Crippen LogP contribution in [0.2, 0.25) is 5.02 Å². The van der Waals surface area contributed by atoms with E-state index in [9.17, 15) is 9.59 Å². The van der Waals surface area contributed by atoms with Crippen molar-refractivity contribution in [2.45, 2.75) is 26.2 Å². The Hall–Kier alpha value is -2.81. The van der Waals surface area contributed by atoms with Crippen molar-refractivity contribution in [2.24, 2.45) is 0 Å². The standard InChI is InChI=1S/C23H19ClN4O2S2/c1-12-7-8-15(9-13(12)2)28-11-14(10-18(28)29)22-26-27-23(32-22)25-21(30)20-19(24)16-5-3-4-6-17(16)31-20/h3-9,14H,10-11H2,1-2H3,(H,25,27,30). The van der Waals surface area contributed by atoms with Crippen LogP contribution in [0.1, 0.15) is 38.1 Å². The van der Waals surface area contributed by atoms with Gasteiger partial charge in [-0.25, -0.2) is 0 Å². The Kier molecular flexibility index (Phi) is 5.44. The highest BCUT2D eigenvalue weighted by atomic mass is 35.5. The maximum absolute atomic E-state index is 12.8. The summed E-state index contributed by atoms with van der Waals surface area (Å²) >= 11 is 9.06. The van der Waals surface area contributed by atoms with E-state index in [0.717, 1.165) is 26.3 Å². The van der Waals surface area contributed by atoms with Gasteiger partial charge in [-0.2, -0.15) is 0 Å². The second-order valence-electron chi connectivity index (χ2n) is 7.81. The van der Waals surface area contributed by atoms with Gasteiger partial charge < -0.3 is 4.90 Å². The van der Waals surface area contributed by atoms with Gasteiger partial charge in [0, 0.05) is 34.7 Å². The van der Waals surface area contributed by atoms with Crippen molar-refractivity contribution >= 4 is 67.0 Å². The Balaban J connectivity index is 1.31. The third kappa shape index (κ3) is 3.79. The smallest absolute Gasteiger partial charge is 0.269 e. The van der Waals surface area contributed by atoms with Gasteiger partial charge in [-0.05, 0) is 43.2 Å². The molecule has 0 spiro atoms. The fourth-order valence-corrected chi connectivity index (χ4v) is 6.02. The van der Waals surface area contributed by atoms with Gasteiger partial charge in [0.05, 0.1) is 5.02 Å². The molecule has 1 saturated heterocycles. The number of hydrogen-bond acceptors (Lipinski definition) is 6. The Morgan fingerprint density at radius 1 is 1.12 bits per heavy atom. The molecule has 1 aliphatic rings. The van der Waals surface area contributed by atoms with Gasteiger partial charge in [0.1, 0.15) is 9.88 Å². The van der Waals surface area contributed by atoms with Crippen molar-refractivity contribution in [1.82, 2.24) is 10.2 Å². The molecule has 162 valence electrons. The van der Waals surface area contributed by atoms with E-state index in [1.54, 1.807) is 4.90 Å². The zero-order chi connectivity index (χ0) is 22.4. The lowest BCUT2D eigenvalue weighted by Gasteiger charge is -2.17. The summed E-state index contributed by atoms with van der Waals surface area (Å²) in [5, 5.41) is 13.6. The number of anilines is 2. The van der Waals surface area contributed by atoms with Crippen LogP contribution in [0.5, 0.6) is 0 Å². The summed E-state index contributed by atoms with van der Waals surface area (Å²) in [7, 11) is 0. The number of thiophene rings is 1. The fourth-order valence-electron chi connectivity index (χ4n) is 3.78. The van der Waals surface area contributed by atoms with Gasteiger partial charge in [-0.3, -0.25) is 14.9 Å². The van der Waals surface area contributed by atoms with Gasteiger partial charge in [-0.15, -0.1) is 21.5 Å². The molecule has 2 amide bonds. The lowest BCUT2D eigenvalue weighted by atomic mass is 10.1. The van der Waals surface area contributed by atoms with Crippen LogP contribution in [0.4, 0.5) is 10.8 Å². The van der Waals surface area contributed by atoms with E-state index in [1.165, 1.54) is 28.2 Å². The quantitative estimate of drug-likeness (QED) is 0.399. The summed E-state index contributed by atoms with van der Waals surface area (Å²) in [6.45, 7) is 4.64. The molecule has 2 aromatic carbocycles. The SMILES string of the molecule is Cc1ccc(N2CC(c3nnc(NC(=O)c4sc5ccccc5c4Cl)s3)CC2=O)cc1C. The monoisotopic (exact) mass is 482 g/mol. The summed E-state index contributed by atoms with van der Waals surface area (Å²) in [6, 6.07) is 13.7. The molecule has 0 aliphatic carbocycles. The molecule has 5 rings (SSSR count). The van der Waals surface area contributed by atoms with Crippen LogP contribution < -0.4 is 10.2 Å². The molecule has 6 nitrogen and oxygen atoms in total. The molecule has 1 aliphatic heterocycles. The molecule has 1 fully saturated rings. The Bertz CT molecular complexity index is 1360. The van der Waals surface area contributed by atoms with Crippen molar-refractivity contribution in [3.8, 4) is 0 Å². The van der Waals surface area contributed by atoms with E-state index in [4.69, 9.17) is 11.6 Å². The van der Waals surface area contributed by atoms with Crippen LogP contribution in [0.25, 0.3) is 10.1 Å². The highest BCUT2D eigenvalue weighted by Crippen LogP contribution is 2.37. The summed E-state index contributed by atoms with van der Waals surface area (Å²) in [6.07, 6.45) is 0.373. The average Bonchev–Trinajstić information content (AvgIpc) is 3.48. The van der Waals surface area contributed by atoms with Gasteiger partial charge in [0.2, 0.25) is 11.0 Å². The second kappa shape index (κ2) is 8.27. The first-order valence-corrected chi connectivity index (χ1v) is 12.1. The third-order valence-electron chi connectivity index (χ3n) is 5.68. The van der Waals surface area contributed by atoms with Gasteiger partial charge in [0.15, 0.2) is 0 Å². The molecule has 32 heavy (non-hydrogen) atoms. The van der Waals surface area contributed by atoms with Gasteiger partial charge in [0.25, 0.3) is 5.91 Å². The molecule has 1 unspecified atom stereocenters. The van der Waals surface area contributed by atoms with Crippen LogP contribution in [-0.4, -0.2) is 28.6 Å². The normalized spacial score (nSPS) is 16.2. The van der Waals surface area contributed by atoms with Crippen molar-refractivity contribution in [3.05, 3.63) is 68.5 Å². The first-order valence-electron chi connectivity index (χ1n) is 10.1. The van der Waals surface area contributed by atoms with Crippen molar-refractivity contribution in [1.29, 1.82) is 0 Å². The van der Waals surface area contributed by atoms with E-state index in [-0.39, 0.29) is 17.7 Å². The number of nitrogens with one attached hydrogen (secondary N) is 1. The zero-order valence-corrected chi connectivity index (χ0v) is 19.8. The number of hydrogen-bond donors (Lipinski definition) is 1. The summed E-state index contributed by atoms with van der Waals surface area (Å²) in [5.41, 5.74) is 3.25. The van der Waals surface area contributed by atoms with Gasteiger partial charge >= 0.3 is 0 Å². The number of aromatic nitrogens is 2. The number of carbonyl (C=O) groups is 2. The van der Waals surface area contributed by atoms with Crippen molar-refractivity contribution in [3.63, 3.8) is 0 Å². The zero-order valence-electron chi connectivity index (χ0n) is 17.4. The first-order chi connectivity index (χ1) is 15.4. The van der Waals surface area contributed by atoms with Crippen LogP contribution in [-0.2, 0) is 4.79 Å². The average molecular weight is 483 g/mol. The minimum atomic E-state index is -0.307. The van der Waals surface area contributed by atoms with E-state index >= 15 is 0 Å². The maximum Gasteiger partial charge on any atom is 0.269 e. The van der Waals surface area contributed by atoms with Crippen LogP contribution >= 0.6 is 34.3 Å². The summed E-state index contributed by atoms with van der Waals surface area (Å²) in [5.74, 6) is -0.297. The molecular weight excluding hydrogens is 464 g/mol. The third-order valence-corrected chi connectivity index (χ3v) is 8.35. The number of rotatable bonds is 4. The summed E-state index contributed by atoms with van der Waals surface area (Å²) in [4.78, 5) is 27.7. The number of amides is 2. The minimum Gasteiger partial charge on any atom is -0.312 e. The predicted molar refractivity (Wildman–Crippen MR) is 130 cm³/mol. The molecule has 3 heterocycles. The molecule has 1 atom stereocenters. The molecule has 1 N–H and O–H groups in total. The number of fused-ring (bicyclic) bond motifs is 1. The van der Waals surface area contributed by atoms with E-state index < -0.39 is 0 Å². The Morgan fingerprint density at radius 2 is 1.94 bits per heavy atom. The highest BCUT2D eigenvalue weighted by molar-refractivity contribution is 7.22. The topological polar surface area (TPSA) is 75.2 Å². The molecule has 4 aromatic rings. The van der Waals surface area contributed by atoms with Crippen LogP contribution in [0, 0.1) is 13.8 Å². The summed E-state index contributed by atoms with van der Waals surface area (Å²) < 4.78 is 0.955. The van der Waals surface area contributed by atoms with Crippen LogP contribution in [0.3, 0.4) is 0 Å². The molecule has 0 bridgehead atoms. The number of benzene rings is 2. The minimum absolute atomic E-state index is 0.0554. The van der Waals surface area contributed by atoms with Crippen LogP contribution in [0.15, 0.2) is 42.5 Å². The number of halogens is 1. The van der Waals surface area contributed by atoms with Crippen molar-refractivity contribution < 1.29 is 9.59 Å². The van der Waals surface area contributed by atoms with Gasteiger partial charge in [-0.1, -0.05) is 47.2 Å². The van der Waals surface area contributed by atoms with E-state index in [0.29, 0.717) is 28.0 Å². The first kappa shape index (κ1) is 21.1. The fraction of sp³-hybridized carbons (Fsp3) is 0.217. The second-order valence-corrected chi connectivity index (χ2v) is 10.3. The molecule has 0 saturated carbocycles.